The molecule has 1 aromatic carbocycles. The van der Waals surface area contributed by atoms with Crippen LogP contribution in [-0.2, 0) is 11.3 Å². The number of para-hydroxylation sites is 1. The first-order valence-electron chi connectivity index (χ1n) is 8.69. The Labute approximate surface area is 148 Å². The lowest BCUT2D eigenvalue weighted by atomic mass is 10.1. The second kappa shape index (κ2) is 8.11. The average molecular weight is 343 g/mol. The van der Waals surface area contributed by atoms with Gasteiger partial charge in [-0.1, -0.05) is 23.4 Å². The summed E-state index contributed by atoms with van der Waals surface area (Å²) < 4.78 is 6.34. The van der Waals surface area contributed by atoms with Crippen molar-refractivity contribution in [1.82, 2.24) is 19.9 Å². The van der Waals surface area contributed by atoms with E-state index < -0.39 is 5.97 Å². The van der Waals surface area contributed by atoms with E-state index in [2.05, 4.69) is 56.0 Å². The van der Waals surface area contributed by atoms with Crippen LogP contribution in [-0.4, -0.2) is 65.7 Å². The summed E-state index contributed by atoms with van der Waals surface area (Å²) in [6, 6.07) is 8.57. The average Bonchev–Trinajstić information content (AvgIpc) is 3.11. The number of rotatable bonds is 6. The van der Waals surface area contributed by atoms with Gasteiger partial charge in [0.2, 0.25) is 0 Å². The van der Waals surface area contributed by atoms with Crippen LogP contribution in [0.1, 0.15) is 22.5 Å². The quantitative estimate of drug-likeness (QED) is 0.742. The van der Waals surface area contributed by atoms with Crippen LogP contribution in [0.4, 0.5) is 5.69 Å². The number of ether oxygens (including phenoxy) is 1. The van der Waals surface area contributed by atoms with E-state index in [4.69, 9.17) is 0 Å². The van der Waals surface area contributed by atoms with Crippen LogP contribution in [0.2, 0.25) is 0 Å². The standard InChI is InChI=1S/C18H25N5O2/c1-15-6-3-4-7-17(15)22-12-10-21(11-13-22)8-5-9-23-14-16(19-20-23)18(24)25-2/h3-4,6-7,14H,5,8-13H2,1-2H3. The van der Waals surface area contributed by atoms with Gasteiger partial charge in [0.15, 0.2) is 5.69 Å². The predicted octanol–water partition coefficient (Wildman–Crippen LogP) is 1.59. The third-order valence-corrected chi connectivity index (χ3v) is 4.62. The van der Waals surface area contributed by atoms with Crippen LogP contribution in [0.15, 0.2) is 30.5 Å². The van der Waals surface area contributed by atoms with Gasteiger partial charge in [-0.15, -0.1) is 5.10 Å². The minimum absolute atomic E-state index is 0.259. The molecule has 3 rings (SSSR count). The van der Waals surface area contributed by atoms with Gasteiger partial charge < -0.3 is 9.64 Å². The van der Waals surface area contributed by atoms with Gasteiger partial charge in [-0.25, -0.2) is 4.79 Å². The molecule has 0 atom stereocenters. The summed E-state index contributed by atoms with van der Waals surface area (Å²) in [6.07, 6.45) is 2.62. The van der Waals surface area contributed by atoms with E-state index >= 15 is 0 Å². The Morgan fingerprint density at radius 2 is 1.92 bits per heavy atom. The second-order valence-electron chi connectivity index (χ2n) is 6.33. The fraction of sp³-hybridized carbons (Fsp3) is 0.500. The molecule has 0 radical (unpaired) electrons. The summed E-state index contributed by atoms with van der Waals surface area (Å²) >= 11 is 0. The van der Waals surface area contributed by atoms with E-state index in [9.17, 15) is 4.79 Å². The number of carbonyl (C=O) groups excluding carboxylic acids is 1. The van der Waals surface area contributed by atoms with Gasteiger partial charge in [-0.3, -0.25) is 9.58 Å². The number of carbonyl (C=O) groups is 1. The van der Waals surface area contributed by atoms with Crippen molar-refractivity contribution >= 4 is 11.7 Å². The second-order valence-corrected chi connectivity index (χ2v) is 6.33. The maximum absolute atomic E-state index is 11.4. The van der Waals surface area contributed by atoms with Crippen LogP contribution in [0.5, 0.6) is 0 Å². The zero-order chi connectivity index (χ0) is 17.6. The van der Waals surface area contributed by atoms with Gasteiger partial charge in [-0.05, 0) is 25.0 Å². The highest BCUT2D eigenvalue weighted by atomic mass is 16.5. The largest absolute Gasteiger partial charge is 0.464 e. The van der Waals surface area contributed by atoms with Crippen molar-refractivity contribution in [3.8, 4) is 0 Å². The van der Waals surface area contributed by atoms with Gasteiger partial charge in [0.1, 0.15) is 0 Å². The summed E-state index contributed by atoms with van der Waals surface area (Å²) in [7, 11) is 1.35. The molecule has 7 heteroatoms. The van der Waals surface area contributed by atoms with E-state index in [1.54, 1.807) is 10.9 Å². The maximum atomic E-state index is 11.4. The molecule has 0 aliphatic carbocycles. The minimum atomic E-state index is -0.446. The smallest absolute Gasteiger partial charge is 0.360 e. The third kappa shape index (κ3) is 4.36. The topological polar surface area (TPSA) is 63.5 Å². The molecule has 0 amide bonds. The van der Waals surface area contributed by atoms with Gasteiger partial charge >= 0.3 is 5.97 Å². The number of hydrogen-bond acceptors (Lipinski definition) is 6. The van der Waals surface area contributed by atoms with E-state index in [1.807, 2.05) is 0 Å². The zero-order valence-corrected chi connectivity index (χ0v) is 14.9. The number of benzene rings is 1. The van der Waals surface area contributed by atoms with Crippen molar-refractivity contribution in [2.24, 2.45) is 0 Å². The van der Waals surface area contributed by atoms with Gasteiger partial charge in [0.25, 0.3) is 0 Å². The Hall–Kier alpha value is -2.41. The van der Waals surface area contributed by atoms with Gasteiger partial charge in [-0.2, -0.15) is 0 Å². The first-order valence-corrected chi connectivity index (χ1v) is 8.69. The fourth-order valence-corrected chi connectivity index (χ4v) is 3.19. The normalized spacial score (nSPS) is 15.4. The highest BCUT2D eigenvalue weighted by Crippen LogP contribution is 2.20. The molecule has 0 saturated carbocycles. The lowest BCUT2D eigenvalue weighted by molar-refractivity contribution is 0.0594. The zero-order valence-electron chi connectivity index (χ0n) is 14.9. The van der Waals surface area contributed by atoms with E-state index in [0.29, 0.717) is 0 Å². The maximum Gasteiger partial charge on any atom is 0.360 e. The highest BCUT2D eigenvalue weighted by molar-refractivity contribution is 5.86. The Morgan fingerprint density at radius 3 is 2.64 bits per heavy atom. The summed E-state index contributed by atoms with van der Waals surface area (Å²) in [5.41, 5.74) is 2.94. The predicted molar refractivity (Wildman–Crippen MR) is 95.8 cm³/mol. The summed E-state index contributed by atoms with van der Waals surface area (Å²) in [5, 5.41) is 7.79. The molecule has 2 aromatic rings. The number of aryl methyl sites for hydroxylation is 2. The Morgan fingerprint density at radius 1 is 1.16 bits per heavy atom. The molecule has 0 unspecified atom stereocenters. The Balaban J connectivity index is 1.42. The van der Waals surface area contributed by atoms with Gasteiger partial charge in [0.05, 0.1) is 13.3 Å². The molecule has 1 aliphatic rings. The first-order chi connectivity index (χ1) is 12.2. The number of aromatic nitrogens is 3. The van der Waals surface area contributed by atoms with E-state index in [0.717, 1.165) is 45.7 Å². The van der Waals surface area contributed by atoms with Crippen LogP contribution in [0.25, 0.3) is 0 Å². The molecule has 7 nitrogen and oxygen atoms in total. The molecule has 25 heavy (non-hydrogen) atoms. The van der Waals surface area contributed by atoms with Crippen molar-refractivity contribution in [2.45, 2.75) is 19.9 Å². The van der Waals surface area contributed by atoms with Crippen LogP contribution < -0.4 is 4.90 Å². The molecule has 1 aliphatic heterocycles. The Bertz CT molecular complexity index is 707. The number of methoxy groups -OCH3 is 1. The molecular weight excluding hydrogens is 318 g/mol. The first kappa shape index (κ1) is 17.4. The molecule has 1 aromatic heterocycles. The van der Waals surface area contributed by atoms with E-state index in [1.165, 1.54) is 18.4 Å². The van der Waals surface area contributed by atoms with Gasteiger partial charge in [0, 0.05) is 45.0 Å². The molecule has 0 N–H and O–H groups in total. The van der Waals surface area contributed by atoms with Crippen molar-refractivity contribution in [3.63, 3.8) is 0 Å². The lowest BCUT2D eigenvalue weighted by Crippen LogP contribution is -2.47. The molecule has 1 saturated heterocycles. The van der Waals surface area contributed by atoms with Crippen molar-refractivity contribution in [3.05, 3.63) is 41.7 Å². The molecule has 134 valence electrons. The minimum Gasteiger partial charge on any atom is -0.464 e. The highest BCUT2D eigenvalue weighted by Gasteiger charge is 2.18. The number of esters is 1. The molecule has 0 spiro atoms. The summed E-state index contributed by atoms with van der Waals surface area (Å²) in [6.45, 7) is 8.19. The number of nitrogens with zero attached hydrogens (tertiary/aromatic N) is 5. The Kier molecular flexibility index (Phi) is 5.65. The lowest BCUT2D eigenvalue weighted by Gasteiger charge is -2.36. The van der Waals surface area contributed by atoms with Crippen LogP contribution in [0, 0.1) is 6.92 Å². The monoisotopic (exact) mass is 343 g/mol. The SMILES string of the molecule is COC(=O)c1cn(CCCN2CCN(c3ccccc3C)CC2)nn1. The fourth-order valence-electron chi connectivity index (χ4n) is 3.19. The van der Waals surface area contributed by atoms with Crippen molar-refractivity contribution in [1.29, 1.82) is 0 Å². The van der Waals surface area contributed by atoms with E-state index in [-0.39, 0.29) is 5.69 Å². The molecular formula is C18H25N5O2. The third-order valence-electron chi connectivity index (χ3n) is 4.62. The van der Waals surface area contributed by atoms with Crippen LogP contribution in [0.3, 0.4) is 0 Å². The summed E-state index contributed by atoms with van der Waals surface area (Å²) in [4.78, 5) is 16.3. The molecule has 1 fully saturated rings. The number of anilines is 1. The molecule has 0 bridgehead atoms. The van der Waals surface area contributed by atoms with Crippen LogP contribution >= 0.6 is 0 Å². The number of piperazine rings is 1. The van der Waals surface area contributed by atoms with Crippen molar-refractivity contribution in [2.75, 3.05) is 44.7 Å². The number of hydrogen-bond donors (Lipinski definition) is 0. The van der Waals surface area contributed by atoms with Crippen molar-refractivity contribution < 1.29 is 9.53 Å². The molecule has 2 heterocycles. The summed E-state index contributed by atoms with van der Waals surface area (Å²) in [5.74, 6) is -0.446.